The lowest BCUT2D eigenvalue weighted by atomic mass is 9.92. The van der Waals surface area contributed by atoms with Gasteiger partial charge < -0.3 is 14.4 Å². The number of fused-ring (bicyclic) bond motifs is 1. The summed E-state index contributed by atoms with van der Waals surface area (Å²) in [4.78, 5) is 23.7. The van der Waals surface area contributed by atoms with Crippen molar-refractivity contribution in [3.63, 3.8) is 0 Å². The standard InChI is InChI=1S/C29H27NO4/c1-18(2)26(22-14-12-21(13-15-22)19(3)31)27-24-10-5-6-11-25(24)30(28(27)32)17-20-8-7-9-23(16-20)29(33)34-4/h5-16,32H,17H2,1-4H3. The summed E-state index contributed by atoms with van der Waals surface area (Å²) < 4.78 is 6.70. The summed E-state index contributed by atoms with van der Waals surface area (Å²) in [5.41, 5.74) is 6.51. The monoisotopic (exact) mass is 453 g/mol. The van der Waals surface area contributed by atoms with Crippen LogP contribution in [0.2, 0.25) is 0 Å². The van der Waals surface area contributed by atoms with Crippen LogP contribution in [0, 0.1) is 0 Å². The van der Waals surface area contributed by atoms with Crippen molar-refractivity contribution in [3.05, 3.63) is 106 Å². The number of Topliss-reactive ketones (excluding diaryl/α,β-unsaturated/α-hetero) is 1. The number of benzene rings is 3. The third-order valence-electron chi connectivity index (χ3n) is 5.96. The van der Waals surface area contributed by atoms with Crippen LogP contribution in [0.3, 0.4) is 0 Å². The third kappa shape index (κ3) is 4.25. The zero-order valence-corrected chi connectivity index (χ0v) is 19.8. The Kier molecular flexibility index (Phi) is 6.37. The normalized spacial score (nSPS) is 10.8. The molecular weight excluding hydrogens is 426 g/mol. The second-order valence-corrected chi connectivity index (χ2v) is 8.50. The minimum atomic E-state index is -0.398. The summed E-state index contributed by atoms with van der Waals surface area (Å²) in [6.45, 7) is 5.96. The Hall–Kier alpha value is -4.12. The van der Waals surface area contributed by atoms with Gasteiger partial charge in [0.2, 0.25) is 5.88 Å². The molecule has 0 spiro atoms. The maximum atomic E-state index is 12.0. The Labute approximate surface area is 198 Å². The fourth-order valence-electron chi connectivity index (χ4n) is 4.35. The molecule has 3 aromatic carbocycles. The Balaban J connectivity index is 1.87. The molecule has 4 rings (SSSR count). The molecule has 1 N–H and O–H groups in total. The zero-order valence-electron chi connectivity index (χ0n) is 19.8. The topological polar surface area (TPSA) is 68.5 Å². The number of aromatic hydroxyl groups is 1. The van der Waals surface area contributed by atoms with Gasteiger partial charge in [0.05, 0.1) is 30.3 Å². The van der Waals surface area contributed by atoms with Crippen LogP contribution >= 0.6 is 0 Å². The first-order valence-electron chi connectivity index (χ1n) is 11.1. The van der Waals surface area contributed by atoms with E-state index in [9.17, 15) is 14.7 Å². The van der Waals surface area contributed by atoms with Crippen LogP contribution in [0.15, 0.2) is 78.4 Å². The van der Waals surface area contributed by atoms with Crippen molar-refractivity contribution >= 4 is 28.2 Å². The number of allylic oxidation sites excluding steroid dienone is 1. The van der Waals surface area contributed by atoms with Gasteiger partial charge in [-0.1, -0.05) is 60.2 Å². The third-order valence-corrected chi connectivity index (χ3v) is 5.96. The average molecular weight is 454 g/mol. The summed E-state index contributed by atoms with van der Waals surface area (Å²) in [6, 6.07) is 22.6. The molecule has 34 heavy (non-hydrogen) atoms. The van der Waals surface area contributed by atoms with Crippen LogP contribution in [-0.4, -0.2) is 28.5 Å². The van der Waals surface area contributed by atoms with E-state index in [0.717, 1.165) is 38.7 Å². The number of ether oxygens (including phenoxy) is 1. The number of carbonyl (C=O) groups is 2. The molecule has 0 atom stereocenters. The number of aromatic nitrogens is 1. The highest BCUT2D eigenvalue weighted by atomic mass is 16.5. The molecule has 5 nitrogen and oxygen atoms in total. The molecule has 0 aliphatic carbocycles. The van der Waals surface area contributed by atoms with E-state index < -0.39 is 5.97 Å². The summed E-state index contributed by atoms with van der Waals surface area (Å²) in [7, 11) is 1.36. The second kappa shape index (κ2) is 9.40. The molecule has 0 amide bonds. The number of hydrogen-bond donors (Lipinski definition) is 1. The minimum Gasteiger partial charge on any atom is -0.494 e. The lowest BCUT2D eigenvalue weighted by Crippen LogP contribution is -2.04. The van der Waals surface area contributed by atoms with E-state index in [4.69, 9.17) is 4.74 Å². The van der Waals surface area contributed by atoms with Crippen molar-refractivity contribution in [2.75, 3.05) is 7.11 Å². The van der Waals surface area contributed by atoms with Crippen LogP contribution in [0.1, 0.15) is 58.2 Å². The fraction of sp³-hybridized carbons (Fsp3) is 0.172. The predicted octanol–water partition coefficient (Wildman–Crippen LogP) is 6.23. The van der Waals surface area contributed by atoms with Crippen molar-refractivity contribution in [1.29, 1.82) is 0 Å². The molecule has 4 aromatic rings. The van der Waals surface area contributed by atoms with Gasteiger partial charge in [-0.05, 0) is 55.7 Å². The second-order valence-electron chi connectivity index (χ2n) is 8.50. The van der Waals surface area contributed by atoms with Crippen molar-refractivity contribution in [2.24, 2.45) is 0 Å². The Bertz CT molecular complexity index is 1420. The molecule has 172 valence electrons. The predicted molar refractivity (Wildman–Crippen MR) is 134 cm³/mol. The van der Waals surface area contributed by atoms with Crippen LogP contribution in [0.4, 0.5) is 0 Å². The maximum Gasteiger partial charge on any atom is 0.337 e. The molecule has 0 saturated heterocycles. The van der Waals surface area contributed by atoms with E-state index in [1.807, 2.05) is 79.1 Å². The largest absolute Gasteiger partial charge is 0.494 e. The smallest absolute Gasteiger partial charge is 0.337 e. The van der Waals surface area contributed by atoms with Gasteiger partial charge >= 0.3 is 5.97 Å². The molecule has 0 aliphatic rings. The van der Waals surface area contributed by atoms with E-state index in [0.29, 0.717) is 17.7 Å². The minimum absolute atomic E-state index is 0.0129. The molecular formula is C29H27NO4. The number of nitrogens with zero attached hydrogens (tertiary/aromatic N) is 1. The van der Waals surface area contributed by atoms with Gasteiger partial charge in [0.25, 0.3) is 0 Å². The SMILES string of the molecule is COC(=O)c1cccc(Cn2c(O)c(C(=C(C)C)c3ccc(C(C)=O)cc3)c3ccccc32)c1. The van der Waals surface area contributed by atoms with Gasteiger partial charge in [0, 0.05) is 10.9 Å². The number of ketones is 1. The first kappa shape index (κ1) is 23.1. The Morgan fingerprint density at radius 1 is 0.853 bits per heavy atom. The lowest BCUT2D eigenvalue weighted by molar-refractivity contribution is 0.0600. The van der Waals surface area contributed by atoms with Crippen LogP contribution in [-0.2, 0) is 11.3 Å². The van der Waals surface area contributed by atoms with Gasteiger partial charge in [0.15, 0.2) is 5.78 Å². The number of carbonyl (C=O) groups excluding carboxylic acids is 2. The Morgan fingerprint density at radius 3 is 2.18 bits per heavy atom. The van der Waals surface area contributed by atoms with Crippen LogP contribution < -0.4 is 0 Å². The van der Waals surface area contributed by atoms with E-state index in [2.05, 4.69) is 0 Å². The van der Waals surface area contributed by atoms with Crippen molar-refractivity contribution in [3.8, 4) is 5.88 Å². The summed E-state index contributed by atoms with van der Waals surface area (Å²) in [6.07, 6.45) is 0. The maximum absolute atomic E-state index is 12.0. The molecule has 1 heterocycles. The van der Waals surface area contributed by atoms with Crippen LogP contribution in [0.5, 0.6) is 5.88 Å². The van der Waals surface area contributed by atoms with Gasteiger partial charge in [-0.2, -0.15) is 0 Å². The highest BCUT2D eigenvalue weighted by molar-refractivity contribution is 6.01. The summed E-state index contributed by atoms with van der Waals surface area (Å²) >= 11 is 0. The van der Waals surface area contributed by atoms with Crippen molar-refractivity contribution < 1.29 is 19.4 Å². The highest BCUT2D eigenvalue weighted by Crippen LogP contribution is 2.41. The molecule has 0 saturated carbocycles. The lowest BCUT2D eigenvalue weighted by Gasteiger charge is -2.13. The van der Waals surface area contributed by atoms with Gasteiger partial charge in [-0.25, -0.2) is 4.79 Å². The van der Waals surface area contributed by atoms with Crippen molar-refractivity contribution in [2.45, 2.75) is 27.3 Å². The average Bonchev–Trinajstić information content (AvgIpc) is 3.10. The fourth-order valence-corrected chi connectivity index (χ4v) is 4.35. The number of para-hydroxylation sites is 1. The summed E-state index contributed by atoms with van der Waals surface area (Å²) in [5, 5.41) is 12.4. The number of esters is 1. The summed E-state index contributed by atoms with van der Waals surface area (Å²) in [5.74, 6) is -0.236. The number of hydrogen-bond acceptors (Lipinski definition) is 4. The van der Waals surface area contributed by atoms with E-state index in [-0.39, 0.29) is 11.7 Å². The molecule has 5 heteroatoms. The number of rotatable bonds is 6. The van der Waals surface area contributed by atoms with E-state index >= 15 is 0 Å². The molecule has 0 unspecified atom stereocenters. The first-order chi connectivity index (χ1) is 16.3. The zero-order chi connectivity index (χ0) is 24.4. The van der Waals surface area contributed by atoms with Crippen LogP contribution in [0.25, 0.3) is 16.5 Å². The highest BCUT2D eigenvalue weighted by Gasteiger charge is 2.22. The van der Waals surface area contributed by atoms with Crippen molar-refractivity contribution in [1.82, 2.24) is 4.57 Å². The number of methoxy groups -OCH3 is 1. The quantitative estimate of drug-likeness (QED) is 0.278. The van der Waals surface area contributed by atoms with Gasteiger partial charge in [0.1, 0.15) is 0 Å². The molecule has 0 fully saturated rings. The van der Waals surface area contributed by atoms with Gasteiger partial charge in [-0.3, -0.25) is 4.79 Å². The van der Waals surface area contributed by atoms with Gasteiger partial charge in [-0.15, -0.1) is 0 Å². The molecule has 0 radical (unpaired) electrons. The molecule has 0 bridgehead atoms. The van der Waals surface area contributed by atoms with E-state index in [1.54, 1.807) is 19.1 Å². The Morgan fingerprint density at radius 2 is 1.53 bits per heavy atom. The van der Waals surface area contributed by atoms with E-state index in [1.165, 1.54) is 7.11 Å². The first-order valence-corrected chi connectivity index (χ1v) is 11.1. The molecule has 0 aliphatic heterocycles. The molecule has 1 aromatic heterocycles.